The van der Waals surface area contributed by atoms with Gasteiger partial charge in [0.2, 0.25) is 0 Å². The van der Waals surface area contributed by atoms with Gasteiger partial charge in [-0.3, -0.25) is 0 Å². The number of aryl methyl sites for hydroxylation is 3. The van der Waals surface area contributed by atoms with Crippen molar-refractivity contribution in [3.05, 3.63) is 81.0 Å². The van der Waals surface area contributed by atoms with E-state index in [1.807, 2.05) is 32.9 Å². The number of esters is 1. The summed E-state index contributed by atoms with van der Waals surface area (Å²) < 4.78 is 10.7. The number of hydrogen-bond acceptors (Lipinski definition) is 6. The maximum Gasteiger partial charge on any atom is 0.338 e. The molecular formula is C22H18N2O4. The Balaban J connectivity index is 1.61. The van der Waals surface area contributed by atoms with Crippen molar-refractivity contribution in [2.24, 2.45) is 0 Å². The molecule has 28 heavy (non-hydrogen) atoms. The molecule has 4 aromatic rings. The van der Waals surface area contributed by atoms with Crippen LogP contribution in [0.15, 0.2) is 51.7 Å². The molecule has 0 atom stereocenters. The van der Waals surface area contributed by atoms with Gasteiger partial charge in [-0.15, -0.1) is 0 Å². The molecule has 0 aliphatic heterocycles. The number of carbonyl (C=O) groups is 1. The lowest BCUT2D eigenvalue weighted by atomic mass is 10.1. The van der Waals surface area contributed by atoms with Crippen LogP contribution in [0.1, 0.15) is 32.9 Å². The third-order valence-corrected chi connectivity index (χ3v) is 4.66. The fraction of sp³-hybridized carbons (Fsp3) is 0.182. The van der Waals surface area contributed by atoms with Crippen LogP contribution in [0.4, 0.5) is 0 Å². The molecule has 0 aliphatic carbocycles. The smallest absolute Gasteiger partial charge is 0.338 e. The molecule has 0 bridgehead atoms. The van der Waals surface area contributed by atoms with Crippen LogP contribution in [0.25, 0.3) is 22.0 Å². The van der Waals surface area contributed by atoms with Crippen LogP contribution < -0.4 is 5.63 Å². The third kappa shape index (κ3) is 3.36. The molecule has 140 valence electrons. The number of benzene rings is 2. The molecule has 6 heteroatoms. The Morgan fingerprint density at radius 1 is 0.964 bits per heavy atom. The Hall–Kier alpha value is -3.54. The first kappa shape index (κ1) is 17.9. The van der Waals surface area contributed by atoms with Crippen molar-refractivity contribution in [1.82, 2.24) is 9.97 Å². The van der Waals surface area contributed by atoms with E-state index in [9.17, 15) is 9.59 Å². The van der Waals surface area contributed by atoms with Crippen molar-refractivity contribution in [3.63, 3.8) is 0 Å². The Bertz CT molecular complexity index is 1290. The van der Waals surface area contributed by atoms with E-state index >= 15 is 0 Å². The number of rotatable bonds is 3. The Morgan fingerprint density at radius 2 is 1.71 bits per heavy atom. The molecule has 2 heterocycles. The number of nitrogens with zero attached hydrogens (tertiary/aromatic N) is 2. The summed E-state index contributed by atoms with van der Waals surface area (Å²) in [6, 6.07) is 12.0. The highest BCUT2D eigenvalue weighted by atomic mass is 16.5. The summed E-state index contributed by atoms with van der Waals surface area (Å²) in [6.07, 6.45) is 0. The van der Waals surface area contributed by atoms with Crippen molar-refractivity contribution in [2.75, 3.05) is 0 Å². The minimum atomic E-state index is -0.490. The van der Waals surface area contributed by atoms with Gasteiger partial charge >= 0.3 is 11.6 Å². The number of fused-ring (bicyclic) bond motifs is 2. The maximum absolute atomic E-state index is 12.5. The molecule has 0 saturated carbocycles. The van der Waals surface area contributed by atoms with E-state index in [1.54, 1.807) is 24.3 Å². The molecule has 0 N–H and O–H groups in total. The highest BCUT2D eigenvalue weighted by molar-refractivity contribution is 5.93. The van der Waals surface area contributed by atoms with Gasteiger partial charge in [0.15, 0.2) is 0 Å². The lowest BCUT2D eigenvalue weighted by molar-refractivity contribution is 0.0474. The second-order valence-electron chi connectivity index (χ2n) is 6.76. The monoisotopic (exact) mass is 374 g/mol. The first-order chi connectivity index (χ1) is 13.4. The van der Waals surface area contributed by atoms with Gasteiger partial charge in [-0.1, -0.05) is 12.1 Å². The average Bonchev–Trinajstić information content (AvgIpc) is 2.66. The topological polar surface area (TPSA) is 82.3 Å². The molecule has 0 saturated heterocycles. The van der Waals surface area contributed by atoms with Crippen molar-refractivity contribution in [2.45, 2.75) is 27.4 Å². The van der Waals surface area contributed by atoms with E-state index in [-0.39, 0.29) is 6.61 Å². The number of hydrogen-bond donors (Lipinski definition) is 0. The van der Waals surface area contributed by atoms with E-state index < -0.39 is 11.6 Å². The van der Waals surface area contributed by atoms with Crippen LogP contribution >= 0.6 is 0 Å². The van der Waals surface area contributed by atoms with Crippen LogP contribution in [0.5, 0.6) is 0 Å². The minimum absolute atomic E-state index is 0.0271. The van der Waals surface area contributed by atoms with Gasteiger partial charge in [-0.25, -0.2) is 19.6 Å². The summed E-state index contributed by atoms with van der Waals surface area (Å²) in [5.74, 6) is -0.490. The third-order valence-electron chi connectivity index (χ3n) is 4.66. The van der Waals surface area contributed by atoms with Crippen LogP contribution in [0.3, 0.4) is 0 Å². The summed E-state index contributed by atoms with van der Waals surface area (Å²) in [5.41, 5.74) is 5.00. The van der Waals surface area contributed by atoms with Crippen molar-refractivity contribution >= 4 is 28.0 Å². The Kier molecular flexibility index (Phi) is 4.39. The summed E-state index contributed by atoms with van der Waals surface area (Å²) in [7, 11) is 0. The summed E-state index contributed by atoms with van der Waals surface area (Å²) in [6.45, 7) is 5.66. The van der Waals surface area contributed by atoms with Gasteiger partial charge in [0.1, 0.15) is 12.2 Å². The van der Waals surface area contributed by atoms with Crippen LogP contribution in [0.2, 0.25) is 0 Å². The van der Waals surface area contributed by atoms with E-state index in [1.165, 1.54) is 6.07 Å². The second kappa shape index (κ2) is 6.88. The number of aromatic nitrogens is 2. The van der Waals surface area contributed by atoms with Gasteiger partial charge in [-0.05, 0) is 50.6 Å². The van der Waals surface area contributed by atoms with Crippen LogP contribution in [0, 0.1) is 20.8 Å². The molecule has 6 nitrogen and oxygen atoms in total. The van der Waals surface area contributed by atoms with Gasteiger partial charge in [0, 0.05) is 17.0 Å². The van der Waals surface area contributed by atoms with Crippen molar-refractivity contribution in [1.29, 1.82) is 0 Å². The predicted octanol–water partition coefficient (Wildman–Crippen LogP) is 4.02. The zero-order valence-electron chi connectivity index (χ0n) is 15.8. The van der Waals surface area contributed by atoms with Crippen LogP contribution in [-0.4, -0.2) is 15.9 Å². The van der Waals surface area contributed by atoms with Crippen molar-refractivity contribution in [3.8, 4) is 0 Å². The molecule has 0 aliphatic rings. The summed E-state index contributed by atoms with van der Waals surface area (Å²) >= 11 is 0. The fourth-order valence-electron chi connectivity index (χ4n) is 3.04. The van der Waals surface area contributed by atoms with Crippen molar-refractivity contribution < 1.29 is 13.9 Å². The summed E-state index contributed by atoms with van der Waals surface area (Å²) in [4.78, 5) is 33.3. The minimum Gasteiger partial charge on any atom is -0.457 e. The Labute approximate surface area is 160 Å². The lowest BCUT2D eigenvalue weighted by Gasteiger charge is -2.08. The first-order valence-corrected chi connectivity index (χ1v) is 8.86. The average molecular weight is 374 g/mol. The largest absolute Gasteiger partial charge is 0.457 e. The second-order valence-corrected chi connectivity index (χ2v) is 6.76. The predicted molar refractivity (Wildman–Crippen MR) is 105 cm³/mol. The van der Waals surface area contributed by atoms with E-state index in [0.717, 1.165) is 27.9 Å². The van der Waals surface area contributed by atoms with Gasteiger partial charge < -0.3 is 9.15 Å². The highest BCUT2D eigenvalue weighted by Crippen LogP contribution is 2.20. The molecule has 2 aromatic heterocycles. The standard InChI is InChI=1S/C22H18N2O4/c1-12-4-6-17-16(10-21(25)28-20(17)8-12)11-27-22(26)15-5-7-18-19(9-15)24-14(3)13(2)23-18/h4-10H,11H2,1-3H3. The summed E-state index contributed by atoms with van der Waals surface area (Å²) in [5, 5.41) is 0.744. The maximum atomic E-state index is 12.5. The molecule has 0 spiro atoms. The normalized spacial score (nSPS) is 11.1. The molecule has 0 radical (unpaired) electrons. The molecule has 0 fully saturated rings. The zero-order chi connectivity index (χ0) is 19.8. The zero-order valence-corrected chi connectivity index (χ0v) is 15.8. The van der Waals surface area contributed by atoms with E-state index in [4.69, 9.17) is 9.15 Å². The fourth-order valence-corrected chi connectivity index (χ4v) is 3.04. The SMILES string of the molecule is Cc1ccc2c(COC(=O)c3ccc4nc(C)c(C)nc4c3)cc(=O)oc2c1. The highest BCUT2D eigenvalue weighted by Gasteiger charge is 2.12. The molecule has 2 aromatic carbocycles. The van der Waals surface area contributed by atoms with Gasteiger partial charge in [0.05, 0.1) is 28.0 Å². The molecule has 0 amide bonds. The van der Waals surface area contributed by atoms with Gasteiger partial charge in [-0.2, -0.15) is 0 Å². The van der Waals surface area contributed by atoms with E-state index in [2.05, 4.69) is 9.97 Å². The molecule has 0 unspecified atom stereocenters. The number of carbonyl (C=O) groups excluding carboxylic acids is 1. The quantitative estimate of drug-likeness (QED) is 0.398. The first-order valence-electron chi connectivity index (χ1n) is 8.86. The van der Waals surface area contributed by atoms with Crippen LogP contribution in [-0.2, 0) is 11.3 Å². The van der Waals surface area contributed by atoms with E-state index in [0.29, 0.717) is 22.2 Å². The molecular weight excluding hydrogens is 356 g/mol. The van der Waals surface area contributed by atoms with Gasteiger partial charge in [0.25, 0.3) is 0 Å². The Morgan fingerprint density at radius 3 is 2.50 bits per heavy atom. The number of ether oxygens (including phenoxy) is 1. The molecule has 4 rings (SSSR count). The lowest BCUT2D eigenvalue weighted by Crippen LogP contribution is -2.08.